The number of piperidine rings is 1. The molecule has 0 unspecified atom stereocenters. The lowest BCUT2D eigenvalue weighted by Gasteiger charge is -2.34. The highest BCUT2D eigenvalue weighted by molar-refractivity contribution is 7.89. The highest BCUT2D eigenvalue weighted by Crippen LogP contribution is 2.26. The number of hydrogen-bond donors (Lipinski definition) is 0. The fraction of sp³-hybridized carbons (Fsp3) is 0.650. The minimum absolute atomic E-state index is 0.303. The summed E-state index contributed by atoms with van der Waals surface area (Å²) in [6.07, 6.45) is 6.00. The summed E-state index contributed by atoms with van der Waals surface area (Å²) in [5.74, 6) is 1.05. The molecule has 3 rings (SSSR count). The van der Waals surface area contributed by atoms with Gasteiger partial charge in [-0.2, -0.15) is 0 Å². The lowest BCUT2D eigenvalue weighted by atomic mass is 10.0. The van der Waals surface area contributed by atoms with Crippen LogP contribution in [0.1, 0.15) is 51.8 Å². The third-order valence-electron chi connectivity index (χ3n) is 5.59. The molecule has 1 fully saturated rings. The topological polar surface area (TPSA) is 58.4 Å². The first-order valence-electron chi connectivity index (χ1n) is 10.0. The van der Waals surface area contributed by atoms with Crippen LogP contribution in [0.4, 0.5) is 0 Å². The van der Waals surface area contributed by atoms with E-state index in [2.05, 4.69) is 23.3 Å². The lowest BCUT2D eigenvalue weighted by Crippen LogP contribution is -2.39. The maximum atomic E-state index is 12.5. The van der Waals surface area contributed by atoms with Crippen molar-refractivity contribution in [3.8, 4) is 0 Å². The van der Waals surface area contributed by atoms with E-state index in [9.17, 15) is 8.42 Å². The number of imidazole rings is 1. The molecule has 7 heteroatoms. The first-order valence-corrected chi connectivity index (χ1v) is 11.5. The molecular weight excluding hydrogens is 360 g/mol. The normalized spacial score (nSPS) is 19.2. The number of likely N-dealkylation sites (tertiary alicyclic amines) is 1. The van der Waals surface area contributed by atoms with Gasteiger partial charge in [-0.15, -0.1) is 0 Å². The average molecular weight is 393 g/mol. The van der Waals surface area contributed by atoms with Gasteiger partial charge in [-0.1, -0.05) is 20.3 Å². The lowest BCUT2D eigenvalue weighted by molar-refractivity contribution is 0.131. The molecule has 27 heavy (non-hydrogen) atoms. The van der Waals surface area contributed by atoms with Gasteiger partial charge in [-0.25, -0.2) is 17.7 Å². The van der Waals surface area contributed by atoms with Gasteiger partial charge in [-0.3, -0.25) is 4.90 Å². The zero-order chi connectivity index (χ0) is 19.6. The summed E-state index contributed by atoms with van der Waals surface area (Å²) < 4.78 is 28.5. The Morgan fingerprint density at radius 3 is 2.67 bits per heavy atom. The Labute approximate surface area is 163 Å². The van der Waals surface area contributed by atoms with Crippen molar-refractivity contribution in [2.45, 2.75) is 70.0 Å². The molecule has 1 aliphatic heterocycles. The molecule has 1 atom stereocenters. The summed E-state index contributed by atoms with van der Waals surface area (Å²) in [6.45, 7) is 7.28. The summed E-state index contributed by atoms with van der Waals surface area (Å²) in [5, 5.41) is 0. The average Bonchev–Trinajstić information content (AvgIpc) is 2.99. The van der Waals surface area contributed by atoms with Crippen LogP contribution >= 0.6 is 0 Å². The number of fused-ring (bicyclic) bond motifs is 1. The van der Waals surface area contributed by atoms with Crippen molar-refractivity contribution in [1.82, 2.24) is 18.8 Å². The number of nitrogens with zero attached hydrogens (tertiary/aromatic N) is 4. The van der Waals surface area contributed by atoms with E-state index in [1.165, 1.54) is 30.0 Å². The Morgan fingerprint density at radius 2 is 2.00 bits per heavy atom. The number of hydrogen-bond acceptors (Lipinski definition) is 4. The molecular formula is C20H32N4O2S. The van der Waals surface area contributed by atoms with Crippen LogP contribution in [0.3, 0.4) is 0 Å². The molecule has 1 aliphatic rings. The standard InChI is InChI=1S/C20H32N4O2S/c1-5-12-24-19-11-10-17(27(25,26)22(3)4)14-18(19)21-20(24)15-23-13-8-7-9-16(23)6-2/h10-11,14,16H,5-9,12-13,15H2,1-4H3/t16-/m0/s1. The van der Waals surface area contributed by atoms with Crippen LogP contribution in [-0.4, -0.2) is 53.9 Å². The van der Waals surface area contributed by atoms with E-state index in [0.29, 0.717) is 10.9 Å². The summed E-state index contributed by atoms with van der Waals surface area (Å²) in [6, 6.07) is 5.95. The zero-order valence-electron chi connectivity index (χ0n) is 17.0. The van der Waals surface area contributed by atoms with Crippen molar-refractivity contribution in [3.63, 3.8) is 0 Å². The second-order valence-electron chi connectivity index (χ2n) is 7.65. The van der Waals surface area contributed by atoms with E-state index >= 15 is 0 Å². The first-order chi connectivity index (χ1) is 12.9. The van der Waals surface area contributed by atoms with Crippen molar-refractivity contribution in [1.29, 1.82) is 0 Å². The molecule has 2 heterocycles. The van der Waals surface area contributed by atoms with Crippen molar-refractivity contribution < 1.29 is 8.42 Å². The Morgan fingerprint density at radius 1 is 1.22 bits per heavy atom. The molecule has 0 spiro atoms. The molecule has 0 bridgehead atoms. The Bertz CT molecular complexity index is 889. The van der Waals surface area contributed by atoms with E-state index < -0.39 is 10.0 Å². The molecule has 0 amide bonds. The summed E-state index contributed by atoms with van der Waals surface area (Å²) in [7, 11) is -0.336. The first kappa shape index (κ1) is 20.3. The highest BCUT2D eigenvalue weighted by Gasteiger charge is 2.24. The maximum absolute atomic E-state index is 12.5. The Balaban J connectivity index is 2.00. The van der Waals surface area contributed by atoms with Crippen molar-refractivity contribution in [3.05, 3.63) is 24.0 Å². The number of sulfonamides is 1. The van der Waals surface area contributed by atoms with Gasteiger partial charge in [0.25, 0.3) is 0 Å². The molecule has 2 aromatic rings. The van der Waals surface area contributed by atoms with Crippen molar-refractivity contribution in [2.24, 2.45) is 0 Å². The van der Waals surface area contributed by atoms with Crippen LogP contribution in [0.2, 0.25) is 0 Å². The van der Waals surface area contributed by atoms with Crippen molar-refractivity contribution >= 4 is 21.1 Å². The second-order valence-corrected chi connectivity index (χ2v) is 9.80. The SMILES string of the molecule is CCCn1c(CN2CCCC[C@@H]2CC)nc2cc(S(=O)(=O)N(C)C)ccc21. The van der Waals surface area contributed by atoms with Gasteiger partial charge in [-0.05, 0) is 50.4 Å². The second kappa shape index (κ2) is 8.29. The van der Waals surface area contributed by atoms with Gasteiger partial charge in [0.1, 0.15) is 5.82 Å². The van der Waals surface area contributed by atoms with E-state index in [-0.39, 0.29) is 0 Å². The third-order valence-corrected chi connectivity index (χ3v) is 7.40. The van der Waals surface area contributed by atoms with Crippen LogP contribution in [-0.2, 0) is 23.1 Å². The van der Waals surface area contributed by atoms with E-state index in [4.69, 9.17) is 4.98 Å². The van der Waals surface area contributed by atoms with E-state index in [0.717, 1.165) is 42.9 Å². The van der Waals surface area contributed by atoms with E-state index in [1.807, 2.05) is 6.07 Å². The predicted molar refractivity (Wildman–Crippen MR) is 109 cm³/mol. The van der Waals surface area contributed by atoms with Crippen LogP contribution in [0, 0.1) is 0 Å². The predicted octanol–water partition coefficient (Wildman–Crippen LogP) is 3.46. The van der Waals surface area contributed by atoms with Crippen LogP contribution in [0.5, 0.6) is 0 Å². The maximum Gasteiger partial charge on any atom is 0.242 e. The smallest absolute Gasteiger partial charge is 0.242 e. The molecule has 6 nitrogen and oxygen atoms in total. The Kier molecular flexibility index (Phi) is 6.23. The molecule has 0 saturated carbocycles. The largest absolute Gasteiger partial charge is 0.327 e. The van der Waals surface area contributed by atoms with Gasteiger partial charge < -0.3 is 4.57 Å². The monoisotopic (exact) mass is 392 g/mol. The quantitative estimate of drug-likeness (QED) is 0.724. The molecule has 1 aromatic carbocycles. The van der Waals surface area contributed by atoms with Gasteiger partial charge in [0.15, 0.2) is 0 Å². The number of rotatable bonds is 7. The number of aryl methyl sites for hydroxylation is 1. The minimum Gasteiger partial charge on any atom is -0.327 e. The van der Waals surface area contributed by atoms with Gasteiger partial charge in [0.2, 0.25) is 10.0 Å². The Hall–Kier alpha value is -1.44. The minimum atomic E-state index is -3.45. The van der Waals surface area contributed by atoms with Crippen LogP contribution in [0.15, 0.2) is 23.1 Å². The molecule has 0 aliphatic carbocycles. The van der Waals surface area contributed by atoms with Crippen LogP contribution in [0.25, 0.3) is 11.0 Å². The molecule has 150 valence electrons. The molecule has 0 radical (unpaired) electrons. The van der Waals surface area contributed by atoms with E-state index in [1.54, 1.807) is 26.2 Å². The molecule has 1 aromatic heterocycles. The van der Waals surface area contributed by atoms with Crippen molar-refractivity contribution in [2.75, 3.05) is 20.6 Å². The van der Waals surface area contributed by atoms with Gasteiger partial charge in [0, 0.05) is 26.7 Å². The fourth-order valence-corrected chi connectivity index (χ4v) is 4.96. The fourth-order valence-electron chi connectivity index (χ4n) is 4.04. The highest BCUT2D eigenvalue weighted by atomic mass is 32.2. The summed E-state index contributed by atoms with van der Waals surface area (Å²) >= 11 is 0. The molecule has 0 N–H and O–H groups in total. The van der Waals surface area contributed by atoms with Gasteiger partial charge >= 0.3 is 0 Å². The third kappa shape index (κ3) is 4.05. The number of benzene rings is 1. The zero-order valence-corrected chi connectivity index (χ0v) is 17.8. The summed E-state index contributed by atoms with van der Waals surface area (Å²) in [5.41, 5.74) is 1.79. The summed E-state index contributed by atoms with van der Waals surface area (Å²) in [4.78, 5) is 7.72. The molecule has 1 saturated heterocycles. The van der Waals surface area contributed by atoms with Crippen LogP contribution < -0.4 is 0 Å². The van der Waals surface area contributed by atoms with Gasteiger partial charge in [0.05, 0.1) is 22.5 Å². The number of aromatic nitrogens is 2.